The SMILES string of the molecule is S=c1n(CN2CCOCC2)nnn1-c1cccc2ccccc12. The van der Waals surface area contributed by atoms with Crippen LogP contribution in [0.25, 0.3) is 16.5 Å². The van der Waals surface area contributed by atoms with Gasteiger partial charge in [0.1, 0.15) is 0 Å². The smallest absolute Gasteiger partial charge is 0.221 e. The lowest BCUT2D eigenvalue weighted by Crippen LogP contribution is -2.37. The summed E-state index contributed by atoms with van der Waals surface area (Å²) in [5, 5.41) is 10.8. The highest BCUT2D eigenvalue weighted by atomic mass is 32.1. The van der Waals surface area contributed by atoms with Crippen LogP contribution in [0.5, 0.6) is 0 Å². The molecule has 0 radical (unpaired) electrons. The van der Waals surface area contributed by atoms with Crippen molar-refractivity contribution >= 4 is 23.0 Å². The fourth-order valence-corrected chi connectivity index (χ4v) is 3.07. The summed E-state index contributed by atoms with van der Waals surface area (Å²) >= 11 is 5.58. The van der Waals surface area contributed by atoms with Crippen LogP contribution in [-0.4, -0.2) is 51.0 Å². The molecule has 1 saturated heterocycles. The lowest BCUT2D eigenvalue weighted by Gasteiger charge is -2.25. The number of aromatic nitrogens is 4. The predicted octanol–water partition coefficient (Wildman–Crippen LogP) is 2.24. The Balaban J connectivity index is 1.71. The van der Waals surface area contributed by atoms with Gasteiger partial charge in [0.15, 0.2) is 0 Å². The number of benzene rings is 2. The van der Waals surface area contributed by atoms with Crippen LogP contribution in [0.3, 0.4) is 0 Å². The van der Waals surface area contributed by atoms with Gasteiger partial charge in [-0.2, -0.15) is 4.68 Å². The van der Waals surface area contributed by atoms with Gasteiger partial charge in [-0.15, -0.1) is 0 Å². The van der Waals surface area contributed by atoms with Gasteiger partial charge >= 0.3 is 0 Å². The van der Waals surface area contributed by atoms with E-state index in [0.29, 0.717) is 11.4 Å². The molecule has 2 heterocycles. The largest absolute Gasteiger partial charge is 0.379 e. The first-order valence-electron chi connectivity index (χ1n) is 7.64. The first-order chi connectivity index (χ1) is 11.3. The number of hydrogen-bond acceptors (Lipinski definition) is 5. The van der Waals surface area contributed by atoms with Crippen molar-refractivity contribution in [1.29, 1.82) is 0 Å². The van der Waals surface area contributed by atoms with Crippen LogP contribution >= 0.6 is 12.2 Å². The van der Waals surface area contributed by atoms with E-state index in [9.17, 15) is 0 Å². The predicted molar refractivity (Wildman–Crippen MR) is 90.1 cm³/mol. The highest BCUT2D eigenvalue weighted by Crippen LogP contribution is 2.21. The summed E-state index contributed by atoms with van der Waals surface area (Å²) in [4.78, 5) is 2.27. The molecule has 0 atom stereocenters. The standard InChI is InChI=1S/C16H17N5OS/c23-16-20(12-19-8-10-22-11-9-19)17-18-21(16)15-7-3-5-13-4-1-2-6-14(13)15/h1-7H,8-12H2. The summed E-state index contributed by atoms with van der Waals surface area (Å²) in [6.07, 6.45) is 0. The molecule has 0 spiro atoms. The minimum Gasteiger partial charge on any atom is -0.379 e. The minimum absolute atomic E-state index is 0.604. The van der Waals surface area contributed by atoms with Crippen LogP contribution in [0.15, 0.2) is 42.5 Å². The normalized spacial score (nSPS) is 16.0. The molecule has 3 aromatic rings. The molecule has 4 rings (SSSR count). The van der Waals surface area contributed by atoms with Crippen molar-refractivity contribution in [2.45, 2.75) is 6.67 Å². The summed E-state index contributed by atoms with van der Waals surface area (Å²) in [7, 11) is 0. The van der Waals surface area contributed by atoms with Crippen LogP contribution < -0.4 is 0 Å². The van der Waals surface area contributed by atoms with Crippen LogP contribution in [-0.2, 0) is 11.4 Å². The van der Waals surface area contributed by atoms with E-state index in [1.54, 1.807) is 9.36 Å². The van der Waals surface area contributed by atoms with Gasteiger partial charge in [0.2, 0.25) is 4.77 Å². The number of morpholine rings is 1. The molecule has 0 saturated carbocycles. The van der Waals surface area contributed by atoms with E-state index >= 15 is 0 Å². The maximum absolute atomic E-state index is 5.58. The second-order valence-electron chi connectivity index (χ2n) is 5.54. The van der Waals surface area contributed by atoms with Gasteiger partial charge in [0.25, 0.3) is 0 Å². The topological polar surface area (TPSA) is 48.1 Å². The van der Waals surface area contributed by atoms with E-state index in [0.717, 1.165) is 42.8 Å². The van der Waals surface area contributed by atoms with Crippen LogP contribution in [0.2, 0.25) is 0 Å². The molecule has 0 aliphatic carbocycles. The zero-order valence-corrected chi connectivity index (χ0v) is 13.4. The second kappa shape index (κ2) is 6.19. The Labute approximate surface area is 138 Å². The number of tetrazole rings is 1. The molecule has 6 nitrogen and oxygen atoms in total. The van der Waals surface area contributed by atoms with E-state index in [-0.39, 0.29) is 0 Å². The maximum Gasteiger partial charge on any atom is 0.221 e. The van der Waals surface area contributed by atoms with Crippen molar-refractivity contribution < 1.29 is 4.74 Å². The van der Waals surface area contributed by atoms with Crippen molar-refractivity contribution in [2.24, 2.45) is 0 Å². The molecule has 1 aromatic heterocycles. The Morgan fingerprint density at radius 3 is 2.65 bits per heavy atom. The lowest BCUT2D eigenvalue weighted by atomic mass is 10.1. The molecule has 0 unspecified atom stereocenters. The third-order valence-corrected chi connectivity index (χ3v) is 4.46. The minimum atomic E-state index is 0.604. The van der Waals surface area contributed by atoms with Gasteiger partial charge in [-0.25, -0.2) is 4.68 Å². The molecule has 0 N–H and O–H groups in total. The number of rotatable bonds is 3. The Morgan fingerprint density at radius 1 is 1.00 bits per heavy atom. The molecule has 23 heavy (non-hydrogen) atoms. The van der Waals surface area contributed by atoms with E-state index in [1.165, 1.54) is 0 Å². The molecule has 0 bridgehead atoms. The zero-order chi connectivity index (χ0) is 15.6. The first kappa shape index (κ1) is 14.5. The van der Waals surface area contributed by atoms with Gasteiger partial charge in [0.05, 0.1) is 25.6 Å². The summed E-state index contributed by atoms with van der Waals surface area (Å²) in [6, 6.07) is 14.3. The summed E-state index contributed by atoms with van der Waals surface area (Å²) < 4.78 is 9.48. The van der Waals surface area contributed by atoms with E-state index in [4.69, 9.17) is 17.0 Å². The molecule has 118 valence electrons. The Bertz CT molecular complexity index is 876. The summed E-state index contributed by atoms with van der Waals surface area (Å²) in [6.45, 7) is 3.94. The van der Waals surface area contributed by atoms with Crippen molar-refractivity contribution in [3.05, 3.63) is 47.2 Å². The monoisotopic (exact) mass is 327 g/mol. The van der Waals surface area contributed by atoms with Crippen LogP contribution in [0.1, 0.15) is 0 Å². The highest BCUT2D eigenvalue weighted by molar-refractivity contribution is 7.71. The third-order valence-electron chi connectivity index (χ3n) is 4.07. The second-order valence-corrected chi connectivity index (χ2v) is 5.91. The fraction of sp³-hybridized carbons (Fsp3) is 0.312. The van der Waals surface area contributed by atoms with Gasteiger partial charge in [-0.3, -0.25) is 4.90 Å². The quantitative estimate of drug-likeness (QED) is 0.691. The molecular weight excluding hydrogens is 310 g/mol. The van der Waals surface area contributed by atoms with Gasteiger partial charge in [-0.1, -0.05) is 36.4 Å². The molecular formula is C16H17N5OS. The fourth-order valence-electron chi connectivity index (χ4n) is 2.84. The summed E-state index contributed by atoms with van der Waals surface area (Å²) in [5.41, 5.74) is 0.960. The Hall–Kier alpha value is -2.09. The number of nitrogens with zero attached hydrogens (tertiary/aromatic N) is 5. The molecule has 1 aliphatic rings. The summed E-state index contributed by atoms with van der Waals surface area (Å²) in [5.74, 6) is 0. The lowest BCUT2D eigenvalue weighted by molar-refractivity contribution is 0.0207. The Kier molecular flexibility index (Phi) is 3.90. The van der Waals surface area contributed by atoms with Crippen molar-refractivity contribution in [2.75, 3.05) is 26.3 Å². The van der Waals surface area contributed by atoms with Gasteiger partial charge in [-0.05, 0) is 34.1 Å². The molecule has 7 heteroatoms. The van der Waals surface area contributed by atoms with Crippen LogP contribution in [0, 0.1) is 4.77 Å². The maximum atomic E-state index is 5.58. The first-order valence-corrected chi connectivity index (χ1v) is 8.05. The van der Waals surface area contributed by atoms with Crippen molar-refractivity contribution in [3.63, 3.8) is 0 Å². The molecule has 2 aromatic carbocycles. The van der Waals surface area contributed by atoms with Crippen LogP contribution in [0.4, 0.5) is 0 Å². The molecule has 1 fully saturated rings. The van der Waals surface area contributed by atoms with Crippen molar-refractivity contribution in [3.8, 4) is 5.69 Å². The molecule has 0 amide bonds. The molecule has 1 aliphatic heterocycles. The van der Waals surface area contributed by atoms with Gasteiger partial charge in [0, 0.05) is 18.5 Å². The number of hydrogen-bond donors (Lipinski definition) is 0. The number of fused-ring (bicyclic) bond motifs is 1. The van der Waals surface area contributed by atoms with E-state index < -0.39 is 0 Å². The zero-order valence-electron chi connectivity index (χ0n) is 12.6. The van der Waals surface area contributed by atoms with E-state index in [1.807, 2.05) is 24.3 Å². The number of ether oxygens (including phenoxy) is 1. The van der Waals surface area contributed by atoms with Gasteiger partial charge < -0.3 is 4.74 Å². The van der Waals surface area contributed by atoms with Crippen molar-refractivity contribution in [1.82, 2.24) is 24.7 Å². The average molecular weight is 327 g/mol. The third kappa shape index (κ3) is 2.78. The Morgan fingerprint density at radius 2 is 1.78 bits per heavy atom. The average Bonchev–Trinajstić information content (AvgIpc) is 2.96. The van der Waals surface area contributed by atoms with E-state index in [2.05, 4.69) is 33.5 Å². The highest BCUT2D eigenvalue weighted by Gasteiger charge is 2.14.